The van der Waals surface area contributed by atoms with Crippen LogP contribution in [0, 0.1) is 11.3 Å². The molecule has 0 saturated heterocycles. The Balaban J connectivity index is 2.32. The Labute approximate surface area is 154 Å². The lowest BCUT2D eigenvalue weighted by Gasteiger charge is -2.06. The first-order valence-corrected chi connectivity index (χ1v) is 8.24. The molecule has 0 bridgehead atoms. The van der Waals surface area contributed by atoms with E-state index in [2.05, 4.69) is 37.2 Å². The predicted molar refractivity (Wildman–Crippen MR) is 97.2 cm³/mol. The third kappa shape index (κ3) is 4.58. The molecule has 1 amide bonds. The van der Waals surface area contributed by atoms with Gasteiger partial charge in [0.25, 0.3) is 5.91 Å². The molecule has 2 aromatic carbocycles. The lowest BCUT2D eigenvalue weighted by atomic mass is 10.1. The van der Waals surface area contributed by atoms with E-state index in [1.165, 1.54) is 18.2 Å². The highest BCUT2D eigenvalue weighted by Crippen LogP contribution is 2.33. The standard InChI is InChI=1S/C16H9Br2ClN2O2/c17-11-2-1-3-13(6-11)21-16(23)10(8-20)4-9-5-12(19)7-14(18)15(9)22/h1-7,22H,(H,21,23)/b10-4-. The summed E-state index contributed by atoms with van der Waals surface area (Å²) in [5.41, 5.74) is 0.654. The zero-order valence-electron chi connectivity index (χ0n) is 11.5. The molecule has 0 saturated carbocycles. The van der Waals surface area contributed by atoms with Crippen molar-refractivity contribution in [2.75, 3.05) is 5.32 Å². The number of nitriles is 1. The minimum Gasteiger partial charge on any atom is -0.506 e. The van der Waals surface area contributed by atoms with E-state index < -0.39 is 5.91 Å². The number of phenols is 1. The lowest BCUT2D eigenvalue weighted by Crippen LogP contribution is -2.13. The van der Waals surface area contributed by atoms with Gasteiger partial charge in [-0.1, -0.05) is 33.6 Å². The molecule has 0 aliphatic carbocycles. The van der Waals surface area contributed by atoms with Crippen LogP contribution in [-0.2, 0) is 4.79 Å². The van der Waals surface area contributed by atoms with Crippen molar-refractivity contribution in [2.24, 2.45) is 0 Å². The molecule has 0 aliphatic rings. The largest absolute Gasteiger partial charge is 0.506 e. The first-order chi connectivity index (χ1) is 10.9. The molecule has 0 aromatic heterocycles. The molecular formula is C16H9Br2ClN2O2. The zero-order valence-corrected chi connectivity index (χ0v) is 15.4. The summed E-state index contributed by atoms with van der Waals surface area (Å²) >= 11 is 12.4. The number of phenolic OH excluding ortho intramolecular Hbond substituents is 1. The van der Waals surface area contributed by atoms with Crippen LogP contribution in [-0.4, -0.2) is 11.0 Å². The highest BCUT2D eigenvalue weighted by Gasteiger charge is 2.13. The number of aromatic hydroxyl groups is 1. The van der Waals surface area contributed by atoms with Crippen molar-refractivity contribution in [1.29, 1.82) is 5.26 Å². The van der Waals surface area contributed by atoms with Gasteiger partial charge in [-0.2, -0.15) is 5.26 Å². The summed E-state index contributed by atoms with van der Waals surface area (Å²) in [4.78, 5) is 12.2. The van der Waals surface area contributed by atoms with E-state index in [1.54, 1.807) is 18.2 Å². The summed E-state index contributed by atoms with van der Waals surface area (Å²) in [6.07, 6.45) is 1.28. The highest BCUT2D eigenvalue weighted by atomic mass is 79.9. The van der Waals surface area contributed by atoms with Gasteiger partial charge in [0, 0.05) is 20.7 Å². The Kier molecular flexibility index (Phi) is 5.83. The van der Waals surface area contributed by atoms with Gasteiger partial charge in [-0.05, 0) is 52.3 Å². The van der Waals surface area contributed by atoms with Crippen LogP contribution in [0.1, 0.15) is 5.56 Å². The van der Waals surface area contributed by atoms with Gasteiger partial charge < -0.3 is 10.4 Å². The minimum absolute atomic E-state index is 0.0996. The summed E-state index contributed by atoms with van der Waals surface area (Å²) in [6, 6.07) is 11.8. The first kappa shape index (κ1) is 17.5. The van der Waals surface area contributed by atoms with Crippen LogP contribution < -0.4 is 5.32 Å². The van der Waals surface area contributed by atoms with Crippen molar-refractivity contribution in [3.05, 3.63) is 61.5 Å². The number of benzene rings is 2. The fraction of sp³-hybridized carbons (Fsp3) is 0. The Morgan fingerprint density at radius 3 is 2.70 bits per heavy atom. The van der Waals surface area contributed by atoms with E-state index in [0.29, 0.717) is 15.2 Å². The van der Waals surface area contributed by atoms with E-state index in [9.17, 15) is 15.2 Å². The Morgan fingerprint density at radius 2 is 2.04 bits per heavy atom. The molecule has 0 radical (unpaired) electrons. The van der Waals surface area contributed by atoms with Gasteiger partial charge in [-0.15, -0.1) is 0 Å². The molecule has 4 nitrogen and oxygen atoms in total. The predicted octanol–water partition coefficient (Wildman–Crippen LogP) is 5.12. The van der Waals surface area contributed by atoms with Gasteiger partial charge in [0.15, 0.2) is 0 Å². The molecule has 0 unspecified atom stereocenters. The average molecular weight is 457 g/mol. The second-order valence-corrected chi connectivity index (χ2v) is 6.67. The maximum Gasteiger partial charge on any atom is 0.266 e. The Hall–Kier alpha value is -1.81. The third-order valence-electron chi connectivity index (χ3n) is 2.81. The molecule has 0 atom stereocenters. The number of carbonyl (C=O) groups is 1. The number of nitrogens with one attached hydrogen (secondary N) is 1. The fourth-order valence-electron chi connectivity index (χ4n) is 1.76. The van der Waals surface area contributed by atoms with Crippen LogP contribution in [0.15, 0.2) is 50.9 Å². The summed E-state index contributed by atoms with van der Waals surface area (Å²) in [7, 11) is 0. The molecular weight excluding hydrogens is 447 g/mol. The number of hydrogen-bond acceptors (Lipinski definition) is 3. The SMILES string of the molecule is N#C/C(=C/c1cc(Cl)cc(Br)c1O)C(=O)Nc1cccc(Br)c1. The van der Waals surface area contributed by atoms with Crippen LogP contribution >= 0.6 is 43.5 Å². The quantitative estimate of drug-likeness (QED) is 0.498. The molecule has 7 heteroatoms. The normalized spacial score (nSPS) is 11.0. The van der Waals surface area contributed by atoms with E-state index in [-0.39, 0.29) is 16.9 Å². The smallest absolute Gasteiger partial charge is 0.266 e. The Morgan fingerprint density at radius 1 is 1.30 bits per heavy atom. The topological polar surface area (TPSA) is 73.1 Å². The average Bonchev–Trinajstić information content (AvgIpc) is 2.49. The Bertz CT molecular complexity index is 844. The van der Waals surface area contributed by atoms with Crippen molar-refractivity contribution in [2.45, 2.75) is 0 Å². The van der Waals surface area contributed by atoms with Crippen molar-refractivity contribution in [3.8, 4) is 11.8 Å². The zero-order chi connectivity index (χ0) is 17.0. The maximum absolute atomic E-state index is 12.2. The summed E-state index contributed by atoms with van der Waals surface area (Å²) < 4.78 is 1.18. The number of rotatable bonds is 3. The molecule has 2 aromatic rings. The van der Waals surface area contributed by atoms with Gasteiger partial charge in [-0.3, -0.25) is 4.79 Å². The number of nitrogens with zero attached hydrogens (tertiary/aromatic N) is 1. The highest BCUT2D eigenvalue weighted by molar-refractivity contribution is 9.10. The minimum atomic E-state index is -0.582. The third-order valence-corrected chi connectivity index (χ3v) is 4.12. The van der Waals surface area contributed by atoms with Crippen molar-refractivity contribution >= 4 is 61.1 Å². The molecule has 0 heterocycles. The van der Waals surface area contributed by atoms with Crippen LogP contribution in [0.2, 0.25) is 5.02 Å². The van der Waals surface area contributed by atoms with Crippen LogP contribution in [0.5, 0.6) is 5.75 Å². The monoisotopic (exact) mass is 454 g/mol. The van der Waals surface area contributed by atoms with Gasteiger partial charge in [0.1, 0.15) is 17.4 Å². The maximum atomic E-state index is 12.2. The summed E-state index contributed by atoms with van der Waals surface area (Å²) in [5, 5.41) is 22.2. The number of carbonyl (C=O) groups excluding carboxylic acids is 1. The van der Waals surface area contributed by atoms with E-state index in [1.807, 2.05) is 12.1 Å². The fourth-order valence-corrected chi connectivity index (χ4v) is 3.00. The summed E-state index contributed by atoms with van der Waals surface area (Å²) in [6.45, 7) is 0. The number of halogens is 3. The number of amides is 1. The van der Waals surface area contributed by atoms with Crippen molar-refractivity contribution < 1.29 is 9.90 Å². The van der Waals surface area contributed by atoms with Crippen LogP contribution in [0.4, 0.5) is 5.69 Å². The van der Waals surface area contributed by atoms with Gasteiger partial charge in [0.2, 0.25) is 0 Å². The van der Waals surface area contributed by atoms with Crippen molar-refractivity contribution in [1.82, 2.24) is 0 Å². The molecule has 116 valence electrons. The molecule has 0 spiro atoms. The van der Waals surface area contributed by atoms with Gasteiger partial charge in [0.05, 0.1) is 4.47 Å². The molecule has 0 aliphatic heterocycles. The van der Waals surface area contributed by atoms with Gasteiger partial charge in [-0.25, -0.2) is 0 Å². The van der Waals surface area contributed by atoms with Gasteiger partial charge >= 0.3 is 0 Å². The lowest BCUT2D eigenvalue weighted by molar-refractivity contribution is -0.112. The summed E-state index contributed by atoms with van der Waals surface area (Å²) in [5.74, 6) is -0.682. The number of hydrogen-bond donors (Lipinski definition) is 2. The number of anilines is 1. The van der Waals surface area contributed by atoms with E-state index in [0.717, 1.165) is 4.47 Å². The molecule has 0 fully saturated rings. The molecule has 23 heavy (non-hydrogen) atoms. The van der Waals surface area contributed by atoms with E-state index in [4.69, 9.17) is 11.6 Å². The van der Waals surface area contributed by atoms with Crippen LogP contribution in [0.3, 0.4) is 0 Å². The van der Waals surface area contributed by atoms with Crippen LogP contribution in [0.25, 0.3) is 6.08 Å². The van der Waals surface area contributed by atoms with E-state index >= 15 is 0 Å². The molecule has 2 rings (SSSR count). The first-order valence-electron chi connectivity index (χ1n) is 6.27. The molecule has 2 N–H and O–H groups in total. The van der Waals surface area contributed by atoms with Crippen molar-refractivity contribution in [3.63, 3.8) is 0 Å². The second-order valence-electron chi connectivity index (χ2n) is 4.46. The second kappa shape index (κ2) is 7.64.